The smallest absolute Gasteiger partial charge is 0.360 e. The molecule has 0 radical (unpaired) electrons. The molecular formula is C19H19N3O2. The minimum atomic E-state index is -0.463. The van der Waals surface area contributed by atoms with Crippen LogP contribution in [0, 0.1) is 13.8 Å². The fourth-order valence-corrected chi connectivity index (χ4v) is 2.41. The Bertz CT molecular complexity index is 841. The summed E-state index contributed by atoms with van der Waals surface area (Å²) in [7, 11) is 0. The highest BCUT2D eigenvalue weighted by atomic mass is 16.5. The van der Waals surface area contributed by atoms with Crippen molar-refractivity contribution in [1.29, 1.82) is 0 Å². The predicted molar refractivity (Wildman–Crippen MR) is 90.6 cm³/mol. The maximum atomic E-state index is 12.1. The Labute approximate surface area is 140 Å². The molecule has 0 N–H and O–H groups in total. The number of benzene rings is 2. The van der Waals surface area contributed by atoms with E-state index in [2.05, 4.69) is 10.3 Å². The molecule has 3 aromatic rings. The van der Waals surface area contributed by atoms with E-state index >= 15 is 0 Å². The van der Waals surface area contributed by atoms with Gasteiger partial charge in [0.2, 0.25) is 0 Å². The molecular weight excluding hydrogens is 302 g/mol. The molecule has 0 bridgehead atoms. The van der Waals surface area contributed by atoms with Crippen LogP contribution in [-0.4, -0.2) is 21.0 Å². The van der Waals surface area contributed by atoms with Crippen molar-refractivity contribution >= 4 is 5.97 Å². The summed E-state index contributed by atoms with van der Waals surface area (Å²) in [5, 5.41) is 7.89. The first-order valence-electron chi connectivity index (χ1n) is 7.79. The molecule has 3 rings (SSSR count). The Balaban J connectivity index is 1.62. The Morgan fingerprint density at radius 1 is 1.12 bits per heavy atom. The fourth-order valence-electron chi connectivity index (χ4n) is 2.41. The topological polar surface area (TPSA) is 57.0 Å². The third kappa shape index (κ3) is 3.87. The summed E-state index contributed by atoms with van der Waals surface area (Å²) in [5.74, 6) is -0.463. The van der Waals surface area contributed by atoms with Gasteiger partial charge < -0.3 is 4.74 Å². The van der Waals surface area contributed by atoms with Crippen molar-refractivity contribution in [2.24, 2.45) is 0 Å². The van der Waals surface area contributed by atoms with Gasteiger partial charge >= 0.3 is 5.97 Å². The van der Waals surface area contributed by atoms with Gasteiger partial charge in [0.15, 0.2) is 5.69 Å². The second-order valence-corrected chi connectivity index (χ2v) is 5.79. The van der Waals surface area contributed by atoms with Gasteiger partial charge in [0.1, 0.15) is 6.61 Å². The zero-order valence-corrected chi connectivity index (χ0v) is 13.8. The van der Waals surface area contributed by atoms with Crippen LogP contribution in [0.5, 0.6) is 0 Å². The molecule has 1 aromatic heterocycles. The highest BCUT2D eigenvalue weighted by Gasteiger charge is 2.13. The van der Waals surface area contributed by atoms with Gasteiger partial charge in [-0.1, -0.05) is 59.3 Å². The van der Waals surface area contributed by atoms with Crippen LogP contribution in [0.1, 0.15) is 32.7 Å². The molecule has 0 amide bonds. The van der Waals surface area contributed by atoms with Gasteiger partial charge in [-0.15, -0.1) is 5.10 Å². The molecule has 0 saturated heterocycles. The van der Waals surface area contributed by atoms with E-state index < -0.39 is 5.97 Å². The summed E-state index contributed by atoms with van der Waals surface area (Å²) in [4.78, 5) is 12.1. The van der Waals surface area contributed by atoms with E-state index in [1.807, 2.05) is 62.4 Å². The van der Waals surface area contributed by atoms with E-state index in [-0.39, 0.29) is 12.3 Å². The number of carbonyl (C=O) groups is 1. The van der Waals surface area contributed by atoms with Gasteiger partial charge in [-0.25, -0.2) is 9.48 Å². The molecule has 5 nitrogen and oxygen atoms in total. The van der Waals surface area contributed by atoms with E-state index in [4.69, 9.17) is 4.74 Å². The fraction of sp³-hybridized carbons (Fsp3) is 0.211. The van der Waals surface area contributed by atoms with Gasteiger partial charge in [0.25, 0.3) is 0 Å². The Morgan fingerprint density at radius 3 is 2.71 bits per heavy atom. The largest absolute Gasteiger partial charge is 0.456 e. The van der Waals surface area contributed by atoms with Crippen LogP contribution in [-0.2, 0) is 17.9 Å². The molecule has 0 aliphatic carbocycles. The number of carbonyl (C=O) groups excluding carboxylic acids is 1. The van der Waals surface area contributed by atoms with E-state index in [1.165, 1.54) is 0 Å². The summed E-state index contributed by atoms with van der Waals surface area (Å²) < 4.78 is 6.99. The number of nitrogens with zero attached hydrogens (tertiary/aromatic N) is 3. The van der Waals surface area contributed by atoms with Crippen LogP contribution in [0.4, 0.5) is 0 Å². The molecule has 0 spiro atoms. The van der Waals surface area contributed by atoms with Crippen molar-refractivity contribution in [3.63, 3.8) is 0 Å². The molecule has 122 valence electrons. The summed E-state index contributed by atoms with van der Waals surface area (Å²) in [5.41, 5.74) is 4.55. The maximum Gasteiger partial charge on any atom is 0.360 e. The van der Waals surface area contributed by atoms with E-state index in [0.29, 0.717) is 6.54 Å². The lowest BCUT2D eigenvalue weighted by molar-refractivity contribution is 0.0465. The van der Waals surface area contributed by atoms with E-state index in [1.54, 1.807) is 10.9 Å². The lowest BCUT2D eigenvalue weighted by Gasteiger charge is -2.07. The zero-order chi connectivity index (χ0) is 16.9. The molecule has 0 unspecified atom stereocenters. The van der Waals surface area contributed by atoms with Crippen molar-refractivity contribution < 1.29 is 9.53 Å². The van der Waals surface area contributed by atoms with Crippen LogP contribution in [0.25, 0.3) is 0 Å². The van der Waals surface area contributed by atoms with Crippen molar-refractivity contribution in [1.82, 2.24) is 15.0 Å². The highest BCUT2D eigenvalue weighted by molar-refractivity contribution is 5.86. The molecule has 0 saturated carbocycles. The first-order valence-corrected chi connectivity index (χ1v) is 7.79. The number of ether oxygens (including phenoxy) is 1. The number of rotatable bonds is 5. The minimum absolute atomic E-state index is 0.219. The SMILES string of the molecule is Cc1ccc(C)c(COC(=O)c2cn(Cc3ccccc3)nn2)c1. The normalized spacial score (nSPS) is 10.6. The van der Waals surface area contributed by atoms with Gasteiger partial charge in [-0.2, -0.15) is 0 Å². The molecule has 2 aromatic carbocycles. The monoisotopic (exact) mass is 321 g/mol. The molecule has 0 aliphatic heterocycles. The highest BCUT2D eigenvalue weighted by Crippen LogP contribution is 2.13. The van der Waals surface area contributed by atoms with Gasteiger partial charge in [-0.3, -0.25) is 0 Å². The van der Waals surface area contributed by atoms with Crippen LogP contribution >= 0.6 is 0 Å². The lowest BCUT2D eigenvalue weighted by Crippen LogP contribution is -2.07. The van der Waals surface area contributed by atoms with Gasteiger partial charge in [0.05, 0.1) is 12.7 Å². The van der Waals surface area contributed by atoms with Crippen molar-refractivity contribution in [3.05, 3.63) is 82.7 Å². The van der Waals surface area contributed by atoms with Crippen molar-refractivity contribution in [2.45, 2.75) is 27.0 Å². The third-order valence-corrected chi connectivity index (χ3v) is 3.80. The summed E-state index contributed by atoms with van der Waals surface area (Å²) in [6.07, 6.45) is 1.61. The van der Waals surface area contributed by atoms with Crippen LogP contribution in [0.2, 0.25) is 0 Å². The number of aromatic nitrogens is 3. The quantitative estimate of drug-likeness (QED) is 0.677. The van der Waals surface area contributed by atoms with Gasteiger partial charge in [-0.05, 0) is 30.5 Å². The third-order valence-electron chi connectivity index (χ3n) is 3.80. The average molecular weight is 321 g/mol. The summed E-state index contributed by atoms with van der Waals surface area (Å²) in [6, 6.07) is 16.0. The van der Waals surface area contributed by atoms with Crippen LogP contribution in [0.15, 0.2) is 54.7 Å². The minimum Gasteiger partial charge on any atom is -0.456 e. The first kappa shape index (κ1) is 15.9. The van der Waals surface area contributed by atoms with Crippen LogP contribution < -0.4 is 0 Å². The number of aryl methyl sites for hydroxylation is 2. The molecule has 0 aliphatic rings. The van der Waals surface area contributed by atoms with Crippen molar-refractivity contribution in [3.8, 4) is 0 Å². The standard InChI is InChI=1S/C19H19N3O2/c1-14-8-9-15(2)17(10-14)13-24-19(23)18-12-22(21-20-18)11-16-6-4-3-5-7-16/h3-10,12H,11,13H2,1-2H3. The lowest BCUT2D eigenvalue weighted by atomic mass is 10.1. The first-order chi connectivity index (χ1) is 11.6. The predicted octanol–water partition coefficient (Wildman–Crippen LogP) is 3.30. The van der Waals surface area contributed by atoms with E-state index in [0.717, 1.165) is 22.3 Å². The second kappa shape index (κ2) is 7.08. The van der Waals surface area contributed by atoms with E-state index in [9.17, 15) is 4.79 Å². The Kier molecular flexibility index (Phi) is 4.70. The van der Waals surface area contributed by atoms with Gasteiger partial charge in [0, 0.05) is 0 Å². The summed E-state index contributed by atoms with van der Waals surface area (Å²) >= 11 is 0. The summed E-state index contributed by atoms with van der Waals surface area (Å²) in [6.45, 7) is 4.81. The van der Waals surface area contributed by atoms with Crippen molar-refractivity contribution in [2.75, 3.05) is 0 Å². The van der Waals surface area contributed by atoms with Crippen LogP contribution in [0.3, 0.4) is 0 Å². The molecule has 0 atom stereocenters. The average Bonchev–Trinajstić information content (AvgIpc) is 3.05. The Hall–Kier alpha value is -2.95. The molecule has 5 heteroatoms. The zero-order valence-electron chi connectivity index (χ0n) is 13.8. The number of hydrogen-bond acceptors (Lipinski definition) is 4. The Morgan fingerprint density at radius 2 is 1.92 bits per heavy atom. The number of hydrogen-bond donors (Lipinski definition) is 0. The molecule has 1 heterocycles. The maximum absolute atomic E-state index is 12.1. The molecule has 24 heavy (non-hydrogen) atoms. The number of esters is 1. The molecule has 0 fully saturated rings. The second-order valence-electron chi connectivity index (χ2n) is 5.79.